The van der Waals surface area contributed by atoms with E-state index in [1.54, 1.807) is 32.4 Å². The molecular formula is C18H18O5. The van der Waals surface area contributed by atoms with Crippen LogP contribution in [0, 0.1) is 0 Å². The highest BCUT2D eigenvalue weighted by molar-refractivity contribution is 6.06. The first-order valence-corrected chi connectivity index (χ1v) is 7.01. The van der Waals surface area contributed by atoms with Gasteiger partial charge >= 0.3 is 5.97 Å². The Morgan fingerprint density at radius 2 is 1.61 bits per heavy atom. The molecule has 2 rings (SSSR count). The van der Waals surface area contributed by atoms with Crippen molar-refractivity contribution in [2.75, 3.05) is 21.3 Å². The fraction of sp³-hybridized carbons (Fsp3) is 0.222. The summed E-state index contributed by atoms with van der Waals surface area (Å²) in [6.45, 7) is 0. The molecule has 0 radical (unpaired) electrons. The van der Waals surface area contributed by atoms with Gasteiger partial charge in [-0.1, -0.05) is 24.3 Å². The van der Waals surface area contributed by atoms with Gasteiger partial charge in [0.15, 0.2) is 5.78 Å². The largest absolute Gasteiger partial charge is 0.497 e. The fourth-order valence-corrected chi connectivity index (χ4v) is 2.18. The molecule has 5 nitrogen and oxygen atoms in total. The van der Waals surface area contributed by atoms with Gasteiger partial charge in [0.05, 0.1) is 21.3 Å². The van der Waals surface area contributed by atoms with Crippen LogP contribution in [0.25, 0.3) is 11.1 Å². The van der Waals surface area contributed by atoms with Crippen LogP contribution < -0.4 is 9.47 Å². The third-order valence-electron chi connectivity index (χ3n) is 3.46. The number of carbonyl (C=O) groups excluding carboxylic acids is 2. The minimum atomic E-state index is -0.545. The molecule has 0 unspecified atom stereocenters. The number of Topliss-reactive ketones (excluding diaryl/α,β-unsaturated/α-hetero) is 1. The van der Waals surface area contributed by atoms with E-state index in [9.17, 15) is 9.59 Å². The Kier molecular flexibility index (Phi) is 5.36. The van der Waals surface area contributed by atoms with Crippen LogP contribution in [-0.4, -0.2) is 33.1 Å². The first-order chi connectivity index (χ1) is 11.1. The summed E-state index contributed by atoms with van der Waals surface area (Å²) in [5.74, 6) is 0.564. The molecule has 2 aromatic carbocycles. The van der Waals surface area contributed by atoms with Gasteiger partial charge < -0.3 is 14.2 Å². The van der Waals surface area contributed by atoms with E-state index in [1.807, 2.05) is 24.3 Å². The Bertz CT molecular complexity index is 704. The van der Waals surface area contributed by atoms with Crippen molar-refractivity contribution in [3.05, 3.63) is 48.0 Å². The molecule has 0 aliphatic carbocycles. The maximum Gasteiger partial charge on any atom is 0.313 e. The molecule has 0 saturated heterocycles. The number of methoxy groups -OCH3 is 3. The van der Waals surface area contributed by atoms with E-state index in [0.29, 0.717) is 17.1 Å². The van der Waals surface area contributed by atoms with Gasteiger partial charge in [0, 0.05) is 17.2 Å². The van der Waals surface area contributed by atoms with Crippen molar-refractivity contribution in [1.82, 2.24) is 0 Å². The smallest absolute Gasteiger partial charge is 0.313 e. The van der Waals surface area contributed by atoms with Crippen LogP contribution in [0.1, 0.15) is 16.8 Å². The second kappa shape index (κ2) is 7.45. The molecule has 0 aromatic heterocycles. The third kappa shape index (κ3) is 3.88. The molecule has 5 heteroatoms. The number of carbonyl (C=O) groups is 2. The third-order valence-corrected chi connectivity index (χ3v) is 3.46. The van der Waals surface area contributed by atoms with Gasteiger partial charge in [-0.15, -0.1) is 0 Å². The lowest BCUT2D eigenvalue weighted by molar-refractivity contribution is -0.139. The number of esters is 1. The first kappa shape index (κ1) is 16.5. The first-order valence-electron chi connectivity index (χ1n) is 7.01. The van der Waals surface area contributed by atoms with Gasteiger partial charge in [0.2, 0.25) is 0 Å². The normalized spacial score (nSPS) is 10.0. The molecule has 0 heterocycles. The second-order valence-electron chi connectivity index (χ2n) is 4.82. The summed E-state index contributed by atoms with van der Waals surface area (Å²) in [5.41, 5.74) is 2.26. The number of ketones is 1. The molecular weight excluding hydrogens is 296 g/mol. The molecule has 2 aromatic rings. The predicted molar refractivity (Wildman–Crippen MR) is 85.9 cm³/mol. The average molecular weight is 314 g/mol. The van der Waals surface area contributed by atoms with Crippen LogP contribution in [0.2, 0.25) is 0 Å². The van der Waals surface area contributed by atoms with Gasteiger partial charge in [0.25, 0.3) is 0 Å². The molecule has 0 N–H and O–H groups in total. The Morgan fingerprint density at radius 3 is 2.17 bits per heavy atom. The van der Waals surface area contributed by atoms with E-state index in [-0.39, 0.29) is 12.2 Å². The lowest BCUT2D eigenvalue weighted by atomic mass is 10.0. The summed E-state index contributed by atoms with van der Waals surface area (Å²) in [4.78, 5) is 23.1. The molecule has 0 spiro atoms. The van der Waals surface area contributed by atoms with E-state index >= 15 is 0 Å². The summed E-state index contributed by atoms with van der Waals surface area (Å²) in [6.07, 6.45) is -0.262. The van der Waals surface area contributed by atoms with Crippen molar-refractivity contribution in [3.8, 4) is 22.6 Å². The Labute approximate surface area is 134 Å². The van der Waals surface area contributed by atoms with Crippen molar-refractivity contribution < 1.29 is 23.8 Å². The Morgan fingerprint density at radius 1 is 0.913 bits per heavy atom. The Hall–Kier alpha value is -2.82. The Balaban J connectivity index is 2.26. The molecule has 120 valence electrons. The van der Waals surface area contributed by atoms with Crippen molar-refractivity contribution in [2.24, 2.45) is 0 Å². The molecule has 0 aliphatic rings. The lowest BCUT2D eigenvalue weighted by Crippen LogP contribution is -2.09. The summed E-state index contributed by atoms with van der Waals surface area (Å²) in [6, 6.07) is 12.5. The average Bonchev–Trinajstić information content (AvgIpc) is 2.61. The monoisotopic (exact) mass is 314 g/mol. The van der Waals surface area contributed by atoms with Crippen LogP contribution in [0.3, 0.4) is 0 Å². The summed E-state index contributed by atoms with van der Waals surface area (Å²) in [5, 5.41) is 0. The van der Waals surface area contributed by atoms with Crippen molar-refractivity contribution >= 4 is 11.8 Å². The highest BCUT2D eigenvalue weighted by atomic mass is 16.5. The van der Waals surface area contributed by atoms with Crippen LogP contribution in [0.4, 0.5) is 0 Å². The minimum Gasteiger partial charge on any atom is -0.497 e. The second-order valence-corrected chi connectivity index (χ2v) is 4.82. The molecule has 0 bridgehead atoms. The minimum absolute atomic E-state index is 0.262. The van der Waals surface area contributed by atoms with Gasteiger partial charge in [-0.2, -0.15) is 0 Å². The number of hydrogen-bond acceptors (Lipinski definition) is 5. The standard InChI is InChI=1S/C18H18O5/c1-21-14-8-9-15(17(10-14)22-2)12-4-6-13(7-5-12)16(19)11-18(20)23-3/h4-10H,11H2,1-3H3. The maximum atomic E-state index is 11.9. The zero-order valence-electron chi connectivity index (χ0n) is 13.3. The van der Waals surface area contributed by atoms with Crippen molar-refractivity contribution in [2.45, 2.75) is 6.42 Å². The number of hydrogen-bond donors (Lipinski definition) is 0. The topological polar surface area (TPSA) is 61.8 Å². The van der Waals surface area contributed by atoms with Crippen LogP contribution in [0.5, 0.6) is 11.5 Å². The van der Waals surface area contributed by atoms with Gasteiger partial charge in [0.1, 0.15) is 17.9 Å². The maximum absolute atomic E-state index is 11.9. The number of benzene rings is 2. The van der Waals surface area contributed by atoms with E-state index in [1.165, 1.54) is 7.11 Å². The molecule has 0 amide bonds. The number of ether oxygens (including phenoxy) is 3. The van der Waals surface area contributed by atoms with Crippen LogP contribution in [-0.2, 0) is 9.53 Å². The highest BCUT2D eigenvalue weighted by Crippen LogP contribution is 2.33. The summed E-state index contributed by atoms with van der Waals surface area (Å²) in [7, 11) is 4.44. The zero-order valence-corrected chi connectivity index (χ0v) is 13.3. The predicted octanol–water partition coefficient (Wildman–Crippen LogP) is 3.12. The van der Waals surface area contributed by atoms with E-state index < -0.39 is 5.97 Å². The van der Waals surface area contributed by atoms with Crippen LogP contribution in [0.15, 0.2) is 42.5 Å². The lowest BCUT2D eigenvalue weighted by Gasteiger charge is -2.11. The molecule has 0 aliphatic heterocycles. The SMILES string of the molecule is COC(=O)CC(=O)c1ccc(-c2ccc(OC)cc2OC)cc1. The van der Waals surface area contributed by atoms with E-state index in [0.717, 1.165) is 11.1 Å². The van der Waals surface area contributed by atoms with Crippen molar-refractivity contribution in [1.29, 1.82) is 0 Å². The molecule has 0 fully saturated rings. The van der Waals surface area contributed by atoms with Crippen LogP contribution >= 0.6 is 0 Å². The quantitative estimate of drug-likeness (QED) is 0.466. The molecule has 23 heavy (non-hydrogen) atoms. The van der Waals surface area contributed by atoms with Gasteiger partial charge in [-0.05, 0) is 17.7 Å². The van der Waals surface area contributed by atoms with Gasteiger partial charge in [-0.25, -0.2) is 0 Å². The summed E-state index contributed by atoms with van der Waals surface area (Å²) < 4.78 is 15.1. The van der Waals surface area contributed by atoms with Gasteiger partial charge in [-0.3, -0.25) is 9.59 Å². The van der Waals surface area contributed by atoms with E-state index in [2.05, 4.69) is 4.74 Å². The van der Waals surface area contributed by atoms with Crippen molar-refractivity contribution in [3.63, 3.8) is 0 Å². The highest BCUT2D eigenvalue weighted by Gasteiger charge is 2.13. The van der Waals surface area contributed by atoms with E-state index in [4.69, 9.17) is 9.47 Å². The molecule has 0 saturated carbocycles. The summed E-state index contributed by atoms with van der Waals surface area (Å²) >= 11 is 0. The molecule has 0 atom stereocenters. The fourth-order valence-electron chi connectivity index (χ4n) is 2.18. The zero-order chi connectivity index (χ0) is 16.8. The number of rotatable bonds is 6.